The van der Waals surface area contributed by atoms with Gasteiger partial charge < -0.3 is 0 Å². The average Bonchev–Trinajstić information content (AvgIpc) is 2.95. The SMILES string of the molecule is [C-]#[N+]c1cc(F)c(Cl)cc1CC1CC1. The zero-order chi connectivity index (χ0) is 10.1. The van der Waals surface area contributed by atoms with Gasteiger partial charge in [-0.05, 0) is 42.9 Å². The lowest BCUT2D eigenvalue weighted by atomic mass is 10.1. The number of hydrogen-bond acceptors (Lipinski definition) is 0. The van der Waals surface area contributed by atoms with Crippen molar-refractivity contribution in [2.75, 3.05) is 0 Å². The van der Waals surface area contributed by atoms with Gasteiger partial charge >= 0.3 is 0 Å². The van der Waals surface area contributed by atoms with E-state index in [2.05, 4.69) is 4.85 Å². The van der Waals surface area contributed by atoms with E-state index < -0.39 is 5.82 Å². The number of rotatable bonds is 2. The molecule has 0 unspecified atom stereocenters. The molecule has 1 nitrogen and oxygen atoms in total. The summed E-state index contributed by atoms with van der Waals surface area (Å²) in [6, 6.07) is 2.82. The van der Waals surface area contributed by atoms with Gasteiger partial charge in [0.25, 0.3) is 0 Å². The van der Waals surface area contributed by atoms with Gasteiger partial charge in [-0.3, -0.25) is 0 Å². The first-order chi connectivity index (χ1) is 6.70. The molecule has 3 heteroatoms. The Morgan fingerprint density at radius 2 is 2.21 bits per heavy atom. The van der Waals surface area contributed by atoms with Crippen LogP contribution in [0.2, 0.25) is 5.02 Å². The van der Waals surface area contributed by atoms with Crippen molar-refractivity contribution >= 4 is 17.3 Å². The van der Waals surface area contributed by atoms with Crippen molar-refractivity contribution in [1.82, 2.24) is 0 Å². The van der Waals surface area contributed by atoms with E-state index in [1.165, 1.54) is 18.9 Å². The standard InChI is InChI=1S/C11H9ClFN/c1-14-11-6-10(13)9(12)5-8(11)4-7-2-3-7/h5-7H,2-4H2. The highest BCUT2D eigenvalue weighted by atomic mass is 35.5. The van der Waals surface area contributed by atoms with Gasteiger partial charge in [0, 0.05) is 0 Å². The molecule has 0 radical (unpaired) electrons. The molecule has 1 saturated carbocycles. The van der Waals surface area contributed by atoms with E-state index in [0.29, 0.717) is 11.6 Å². The van der Waals surface area contributed by atoms with Crippen LogP contribution in [0.5, 0.6) is 0 Å². The van der Waals surface area contributed by atoms with E-state index in [1.807, 2.05) is 0 Å². The number of hydrogen-bond donors (Lipinski definition) is 0. The average molecular weight is 210 g/mol. The molecular weight excluding hydrogens is 201 g/mol. The minimum Gasteiger partial charge on any atom is -0.238 e. The normalized spacial score (nSPS) is 15.2. The molecule has 1 aromatic carbocycles. The van der Waals surface area contributed by atoms with Crippen molar-refractivity contribution in [2.45, 2.75) is 19.3 Å². The second-order valence-corrected chi connectivity index (χ2v) is 4.06. The molecule has 2 rings (SSSR count). The fourth-order valence-electron chi connectivity index (χ4n) is 1.48. The maximum absolute atomic E-state index is 13.0. The lowest BCUT2D eigenvalue weighted by Gasteiger charge is -2.04. The van der Waals surface area contributed by atoms with Crippen LogP contribution in [0.25, 0.3) is 4.85 Å². The topological polar surface area (TPSA) is 4.36 Å². The van der Waals surface area contributed by atoms with Crippen LogP contribution >= 0.6 is 11.6 Å². The van der Waals surface area contributed by atoms with Crippen molar-refractivity contribution in [3.05, 3.63) is 40.0 Å². The maximum atomic E-state index is 13.0. The Bertz CT molecular complexity index is 404. The van der Waals surface area contributed by atoms with Crippen LogP contribution in [0.1, 0.15) is 18.4 Å². The summed E-state index contributed by atoms with van der Waals surface area (Å²) in [5.74, 6) is 0.175. The molecule has 0 aromatic heterocycles. The molecule has 1 aromatic rings. The van der Waals surface area contributed by atoms with Crippen LogP contribution in [-0.4, -0.2) is 0 Å². The zero-order valence-electron chi connectivity index (χ0n) is 7.56. The van der Waals surface area contributed by atoms with Crippen molar-refractivity contribution in [3.63, 3.8) is 0 Å². The third-order valence-electron chi connectivity index (χ3n) is 2.45. The quantitative estimate of drug-likeness (QED) is 0.649. The summed E-state index contributed by atoms with van der Waals surface area (Å²) in [6.07, 6.45) is 3.29. The Balaban J connectivity index is 2.36. The van der Waals surface area contributed by atoms with E-state index in [1.54, 1.807) is 6.07 Å². The summed E-state index contributed by atoms with van der Waals surface area (Å²) >= 11 is 5.67. The van der Waals surface area contributed by atoms with Crippen LogP contribution in [0, 0.1) is 18.3 Å². The molecule has 0 saturated heterocycles. The fraction of sp³-hybridized carbons (Fsp3) is 0.364. The van der Waals surface area contributed by atoms with Crippen molar-refractivity contribution in [2.24, 2.45) is 5.92 Å². The Morgan fingerprint density at radius 3 is 2.79 bits per heavy atom. The van der Waals surface area contributed by atoms with E-state index in [4.69, 9.17) is 18.2 Å². The molecular formula is C11H9ClFN. The summed E-state index contributed by atoms with van der Waals surface area (Å²) in [5.41, 5.74) is 1.28. The summed E-state index contributed by atoms with van der Waals surface area (Å²) in [6.45, 7) is 6.93. The number of benzene rings is 1. The molecule has 0 heterocycles. The number of nitrogens with zero attached hydrogens (tertiary/aromatic N) is 1. The van der Waals surface area contributed by atoms with Crippen LogP contribution in [0.15, 0.2) is 12.1 Å². The van der Waals surface area contributed by atoms with Gasteiger partial charge in [0.1, 0.15) is 5.82 Å². The minimum atomic E-state index is -0.503. The zero-order valence-corrected chi connectivity index (χ0v) is 8.31. The molecule has 0 amide bonds. The Kier molecular flexibility index (Phi) is 2.43. The third-order valence-corrected chi connectivity index (χ3v) is 2.74. The smallest absolute Gasteiger partial charge is 0.193 e. The molecule has 1 fully saturated rings. The van der Waals surface area contributed by atoms with Crippen LogP contribution in [0.4, 0.5) is 10.1 Å². The molecule has 0 atom stereocenters. The molecule has 1 aliphatic carbocycles. The first-order valence-corrected chi connectivity index (χ1v) is 4.94. The molecule has 0 N–H and O–H groups in total. The van der Waals surface area contributed by atoms with Gasteiger partial charge in [-0.2, -0.15) is 0 Å². The molecule has 72 valence electrons. The van der Waals surface area contributed by atoms with E-state index in [-0.39, 0.29) is 5.02 Å². The summed E-state index contributed by atoms with van der Waals surface area (Å²) in [4.78, 5) is 3.30. The Labute approximate surface area is 87.3 Å². The second kappa shape index (κ2) is 3.59. The van der Waals surface area contributed by atoms with Crippen molar-refractivity contribution < 1.29 is 4.39 Å². The largest absolute Gasteiger partial charge is 0.238 e. The van der Waals surface area contributed by atoms with E-state index in [9.17, 15) is 4.39 Å². The molecule has 0 aliphatic heterocycles. The summed E-state index contributed by atoms with van der Waals surface area (Å²) in [7, 11) is 0. The number of halogens is 2. The predicted molar refractivity (Wildman–Crippen MR) is 54.1 cm³/mol. The van der Waals surface area contributed by atoms with Gasteiger partial charge in [0.15, 0.2) is 5.69 Å². The van der Waals surface area contributed by atoms with Crippen molar-refractivity contribution in [3.8, 4) is 0 Å². The first kappa shape index (κ1) is 9.48. The van der Waals surface area contributed by atoms with Gasteiger partial charge in [-0.15, -0.1) is 0 Å². The molecule has 0 spiro atoms. The molecule has 14 heavy (non-hydrogen) atoms. The van der Waals surface area contributed by atoms with Crippen LogP contribution < -0.4 is 0 Å². The van der Waals surface area contributed by atoms with Gasteiger partial charge in [-0.1, -0.05) is 11.6 Å². The molecule has 1 aliphatic rings. The summed E-state index contributed by atoms with van der Waals surface area (Å²) in [5, 5.41) is 0.119. The fourth-order valence-corrected chi connectivity index (χ4v) is 1.66. The van der Waals surface area contributed by atoms with Crippen LogP contribution in [-0.2, 0) is 6.42 Å². The highest BCUT2D eigenvalue weighted by Gasteiger charge is 2.23. The molecule has 0 bridgehead atoms. The third kappa shape index (κ3) is 1.88. The van der Waals surface area contributed by atoms with Crippen LogP contribution in [0.3, 0.4) is 0 Å². The van der Waals surface area contributed by atoms with E-state index in [0.717, 1.165) is 12.0 Å². The lowest BCUT2D eigenvalue weighted by Crippen LogP contribution is -1.89. The van der Waals surface area contributed by atoms with Gasteiger partial charge in [0.2, 0.25) is 0 Å². The Morgan fingerprint density at radius 1 is 1.50 bits per heavy atom. The summed E-state index contributed by atoms with van der Waals surface area (Å²) < 4.78 is 13.0. The Hall–Kier alpha value is -1.07. The lowest BCUT2D eigenvalue weighted by molar-refractivity contribution is 0.628. The van der Waals surface area contributed by atoms with Gasteiger partial charge in [-0.25, -0.2) is 9.24 Å². The first-order valence-electron chi connectivity index (χ1n) is 4.56. The minimum absolute atomic E-state index is 0.119. The van der Waals surface area contributed by atoms with Crippen molar-refractivity contribution in [1.29, 1.82) is 0 Å². The van der Waals surface area contributed by atoms with Gasteiger partial charge in [0.05, 0.1) is 11.6 Å². The monoisotopic (exact) mass is 209 g/mol. The highest BCUT2D eigenvalue weighted by molar-refractivity contribution is 6.30. The second-order valence-electron chi connectivity index (χ2n) is 3.65. The maximum Gasteiger partial charge on any atom is 0.193 e. The highest BCUT2D eigenvalue weighted by Crippen LogP contribution is 2.36. The predicted octanol–water partition coefficient (Wildman–Crippen LogP) is 3.98. The van der Waals surface area contributed by atoms with E-state index >= 15 is 0 Å².